The van der Waals surface area contributed by atoms with Crippen molar-refractivity contribution in [1.82, 2.24) is 5.32 Å². The topological polar surface area (TPSA) is 53.6 Å². The predicted octanol–water partition coefficient (Wildman–Crippen LogP) is 2.49. The zero-order valence-corrected chi connectivity index (χ0v) is 14.3. The molecule has 23 heavy (non-hydrogen) atoms. The first-order valence-corrected chi connectivity index (χ1v) is 8.53. The third kappa shape index (κ3) is 6.20. The highest BCUT2D eigenvalue weighted by atomic mass is 16.5. The standard InChI is InChI=1S/C18H29N3O2/c1-15-8-12-21(13-9-15)17-5-3-16(4-6-17)20-18(22)7-10-19-11-14-23-2/h3-6,15,19H,7-14H2,1-2H3,(H,20,22). The van der Waals surface area contributed by atoms with Gasteiger partial charge in [-0.2, -0.15) is 0 Å². The monoisotopic (exact) mass is 319 g/mol. The Morgan fingerprint density at radius 2 is 1.91 bits per heavy atom. The molecule has 0 radical (unpaired) electrons. The van der Waals surface area contributed by atoms with E-state index in [2.05, 4.69) is 34.6 Å². The Balaban J connectivity index is 1.73. The number of amides is 1. The summed E-state index contributed by atoms with van der Waals surface area (Å²) in [6.45, 7) is 6.67. The minimum absolute atomic E-state index is 0.0365. The summed E-state index contributed by atoms with van der Waals surface area (Å²) in [5.74, 6) is 0.872. The Bertz CT molecular complexity index is 468. The fourth-order valence-electron chi connectivity index (χ4n) is 2.75. The Hall–Kier alpha value is -1.59. The predicted molar refractivity (Wildman–Crippen MR) is 95.0 cm³/mol. The lowest BCUT2D eigenvalue weighted by atomic mass is 9.99. The molecule has 1 aromatic carbocycles. The van der Waals surface area contributed by atoms with Gasteiger partial charge < -0.3 is 20.3 Å². The number of methoxy groups -OCH3 is 1. The Kier molecular flexibility index (Phi) is 7.36. The number of rotatable bonds is 8. The van der Waals surface area contributed by atoms with Crippen LogP contribution < -0.4 is 15.5 Å². The summed E-state index contributed by atoms with van der Waals surface area (Å²) < 4.78 is 4.94. The van der Waals surface area contributed by atoms with Crippen LogP contribution in [0.15, 0.2) is 24.3 Å². The molecule has 1 aromatic rings. The van der Waals surface area contributed by atoms with Gasteiger partial charge in [-0.05, 0) is 43.0 Å². The first-order valence-electron chi connectivity index (χ1n) is 8.53. The van der Waals surface area contributed by atoms with Crippen LogP contribution in [0.2, 0.25) is 0 Å². The summed E-state index contributed by atoms with van der Waals surface area (Å²) >= 11 is 0. The number of carbonyl (C=O) groups is 1. The van der Waals surface area contributed by atoms with Gasteiger partial charge in [-0.25, -0.2) is 0 Å². The van der Waals surface area contributed by atoms with Crippen LogP contribution in [0.25, 0.3) is 0 Å². The third-order valence-corrected chi connectivity index (χ3v) is 4.31. The molecule has 1 aliphatic heterocycles. The van der Waals surface area contributed by atoms with Crippen LogP contribution in [0.5, 0.6) is 0 Å². The van der Waals surface area contributed by atoms with Crippen molar-refractivity contribution in [3.05, 3.63) is 24.3 Å². The van der Waals surface area contributed by atoms with Gasteiger partial charge >= 0.3 is 0 Å². The maximum Gasteiger partial charge on any atom is 0.225 e. The van der Waals surface area contributed by atoms with Gasteiger partial charge in [0.05, 0.1) is 6.61 Å². The number of hydrogen-bond acceptors (Lipinski definition) is 4. The number of nitrogens with zero attached hydrogens (tertiary/aromatic N) is 1. The van der Waals surface area contributed by atoms with Crippen molar-refractivity contribution in [3.63, 3.8) is 0 Å². The van der Waals surface area contributed by atoms with Crippen LogP contribution in [0, 0.1) is 5.92 Å². The fraction of sp³-hybridized carbons (Fsp3) is 0.611. The van der Waals surface area contributed by atoms with Gasteiger partial charge in [0.1, 0.15) is 0 Å². The van der Waals surface area contributed by atoms with Gasteiger partial charge in [0, 0.05) is 51.1 Å². The number of hydrogen-bond donors (Lipinski definition) is 2. The lowest BCUT2D eigenvalue weighted by molar-refractivity contribution is -0.116. The smallest absolute Gasteiger partial charge is 0.225 e. The fourth-order valence-corrected chi connectivity index (χ4v) is 2.75. The van der Waals surface area contributed by atoms with Crippen LogP contribution in [0.3, 0.4) is 0 Å². The van der Waals surface area contributed by atoms with Crippen molar-refractivity contribution < 1.29 is 9.53 Å². The summed E-state index contributed by atoms with van der Waals surface area (Å²) in [5, 5.41) is 6.11. The number of nitrogens with one attached hydrogen (secondary N) is 2. The molecule has 128 valence electrons. The molecule has 1 heterocycles. The van der Waals surface area contributed by atoms with Gasteiger partial charge in [-0.1, -0.05) is 6.92 Å². The second-order valence-corrected chi connectivity index (χ2v) is 6.26. The summed E-state index contributed by atoms with van der Waals surface area (Å²) in [5.41, 5.74) is 2.11. The molecule has 0 atom stereocenters. The van der Waals surface area contributed by atoms with E-state index in [0.29, 0.717) is 19.6 Å². The number of carbonyl (C=O) groups excluding carboxylic acids is 1. The average Bonchev–Trinajstić information content (AvgIpc) is 2.56. The number of benzene rings is 1. The summed E-state index contributed by atoms with van der Waals surface area (Å²) in [6, 6.07) is 8.18. The highest BCUT2D eigenvalue weighted by molar-refractivity contribution is 5.91. The molecule has 1 aliphatic rings. The van der Waals surface area contributed by atoms with Crippen molar-refractivity contribution in [2.24, 2.45) is 5.92 Å². The van der Waals surface area contributed by atoms with E-state index >= 15 is 0 Å². The van der Waals surface area contributed by atoms with Crippen LogP contribution in [0.4, 0.5) is 11.4 Å². The zero-order valence-electron chi connectivity index (χ0n) is 14.3. The van der Waals surface area contributed by atoms with E-state index in [0.717, 1.165) is 31.2 Å². The lowest BCUT2D eigenvalue weighted by Crippen LogP contribution is -2.32. The molecule has 0 bridgehead atoms. The molecule has 0 spiro atoms. The lowest BCUT2D eigenvalue weighted by Gasteiger charge is -2.32. The molecular formula is C18H29N3O2. The van der Waals surface area contributed by atoms with Crippen LogP contribution in [0.1, 0.15) is 26.2 Å². The normalized spacial score (nSPS) is 15.7. The maximum atomic E-state index is 11.9. The van der Waals surface area contributed by atoms with E-state index in [-0.39, 0.29) is 5.91 Å². The average molecular weight is 319 g/mol. The number of anilines is 2. The van der Waals surface area contributed by atoms with Crippen LogP contribution in [-0.4, -0.2) is 45.8 Å². The van der Waals surface area contributed by atoms with Crippen LogP contribution in [-0.2, 0) is 9.53 Å². The van der Waals surface area contributed by atoms with Gasteiger partial charge in [-0.15, -0.1) is 0 Å². The molecule has 0 saturated carbocycles. The zero-order chi connectivity index (χ0) is 16.5. The Morgan fingerprint density at radius 1 is 1.22 bits per heavy atom. The maximum absolute atomic E-state index is 11.9. The van der Waals surface area contributed by atoms with E-state index in [1.807, 2.05) is 12.1 Å². The second-order valence-electron chi connectivity index (χ2n) is 6.26. The number of ether oxygens (including phenoxy) is 1. The van der Waals surface area contributed by atoms with Crippen molar-refractivity contribution in [2.45, 2.75) is 26.2 Å². The largest absolute Gasteiger partial charge is 0.383 e. The minimum Gasteiger partial charge on any atom is -0.383 e. The highest BCUT2D eigenvalue weighted by Gasteiger charge is 2.15. The quantitative estimate of drug-likeness (QED) is 0.723. The molecule has 2 rings (SSSR count). The van der Waals surface area contributed by atoms with Gasteiger partial charge in [-0.3, -0.25) is 4.79 Å². The molecule has 0 aliphatic carbocycles. The van der Waals surface area contributed by atoms with Crippen molar-refractivity contribution in [2.75, 3.05) is 50.1 Å². The summed E-state index contributed by atoms with van der Waals surface area (Å²) in [6.07, 6.45) is 2.98. The molecule has 1 fully saturated rings. The van der Waals surface area contributed by atoms with Gasteiger partial charge in [0.15, 0.2) is 0 Å². The molecule has 5 nitrogen and oxygen atoms in total. The van der Waals surface area contributed by atoms with Crippen LogP contribution >= 0.6 is 0 Å². The molecule has 5 heteroatoms. The van der Waals surface area contributed by atoms with E-state index in [1.165, 1.54) is 18.5 Å². The van der Waals surface area contributed by atoms with E-state index in [9.17, 15) is 4.79 Å². The number of piperidine rings is 1. The van der Waals surface area contributed by atoms with Crippen molar-refractivity contribution in [3.8, 4) is 0 Å². The van der Waals surface area contributed by atoms with E-state index in [1.54, 1.807) is 7.11 Å². The Labute approximate surface area is 139 Å². The molecule has 2 N–H and O–H groups in total. The van der Waals surface area contributed by atoms with Crippen molar-refractivity contribution in [1.29, 1.82) is 0 Å². The summed E-state index contributed by atoms with van der Waals surface area (Å²) in [4.78, 5) is 14.3. The summed E-state index contributed by atoms with van der Waals surface area (Å²) in [7, 11) is 1.67. The van der Waals surface area contributed by atoms with E-state index < -0.39 is 0 Å². The Morgan fingerprint density at radius 3 is 2.57 bits per heavy atom. The first kappa shape index (κ1) is 17.8. The first-order chi connectivity index (χ1) is 11.2. The molecule has 0 aromatic heterocycles. The highest BCUT2D eigenvalue weighted by Crippen LogP contribution is 2.24. The molecule has 1 saturated heterocycles. The molecule has 1 amide bonds. The van der Waals surface area contributed by atoms with Gasteiger partial charge in [0.25, 0.3) is 0 Å². The van der Waals surface area contributed by atoms with E-state index in [4.69, 9.17) is 4.74 Å². The third-order valence-electron chi connectivity index (χ3n) is 4.31. The molecule has 0 unspecified atom stereocenters. The van der Waals surface area contributed by atoms with Gasteiger partial charge in [0.2, 0.25) is 5.91 Å². The molecular weight excluding hydrogens is 290 g/mol. The SMILES string of the molecule is COCCNCCC(=O)Nc1ccc(N2CCC(C)CC2)cc1. The second kappa shape index (κ2) is 9.53. The van der Waals surface area contributed by atoms with Crippen molar-refractivity contribution >= 4 is 17.3 Å². The minimum atomic E-state index is 0.0365.